The van der Waals surface area contributed by atoms with Crippen LogP contribution in [0.1, 0.15) is 18.4 Å². The van der Waals surface area contributed by atoms with Crippen molar-refractivity contribution < 1.29 is 13.5 Å². The van der Waals surface area contributed by atoms with Gasteiger partial charge in [-0.15, -0.1) is 0 Å². The lowest BCUT2D eigenvalue weighted by Crippen LogP contribution is -2.28. The second kappa shape index (κ2) is 5.37. The van der Waals surface area contributed by atoms with E-state index in [0.29, 0.717) is 5.56 Å². The van der Waals surface area contributed by atoms with Crippen molar-refractivity contribution in [1.82, 2.24) is 5.32 Å². The predicted molar refractivity (Wildman–Crippen MR) is 56.0 cm³/mol. The first kappa shape index (κ1) is 11.5. The number of ether oxygens (including phenoxy) is 1. The number of hydrogen-bond acceptors (Lipinski definition) is 1. The van der Waals surface area contributed by atoms with Crippen molar-refractivity contribution in [3.63, 3.8) is 0 Å². The summed E-state index contributed by atoms with van der Waals surface area (Å²) in [6.07, 6.45) is 1.97. The van der Waals surface area contributed by atoms with E-state index >= 15 is 0 Å². The third-order valence-corrected chi connectivity index (χ3v) is 2.63. The molecule has 87 valence electrons. The number of halogens is 2. The van der Waals surface area contributed by atoms with Gasteiger partial charge >= 0.3 is 0 Å². The summed E-state index contributed by atoms with van der Waals surface area (Å²) in [5.41, 5.74) is 0.542. The number of rotatable bonds is 3. The van der Waals surface area contributed by atoms with Crippen LogP contribution in [0.3, 0.4) is 0 Å². The van der Waals surface area contributed by atoms with Crippen LogP contribution < -0.4 is 5.32 Å². The SMILES string of the molecule is Fc1cc(F)cc(COC2CC[N]CC2)c1. The molecule has 16 heavy (non-hydrogen) atoms. The Morgan fingerprint density at radius 2 is 1.75 bits per heavy atom. The number of hydrogen-bond donors (Lipinski definition) is 0. The molecule has 1 heterocycles. The molecule has 0 saturated carbocycles. The first-order valence-electron chi connectivity index (χ1n) is 5.44. The zero-order valence-corrected chi connectivity index (χ0v) is 8.96. The first-order chi connectivity index (χ1) is 7.74. The van der Waals surface area contributed by atoms with Crippen molar-refractivity contribution in [2.45, 2.75) is 25.6 Å². The fourth-order valence-corrected chi connectivity index (χ4v) is 1.80. The van der Waals surface area contributed by atoms with Crippen LogP contribution in [-0.4, -0.2) is 19.2 Å². The van der Waals surface area contributed by atoms with Crippen LogP contribution in [0.5, 0.6) is 0 Å². The zero-order valence-electron chi connectivity index (χ0n) is 8.96. The lowest BCUT2D eigenvalue weighted by Gasteiger charge is -2.21. The van der Waals surface area contributed by atoms with Gasteiger partial charge in [-0.1, -0.05) is 0 Å². The van der Waals surface area contributed by atoms with Crippen molar-refractivity contribution in [2.24, 2.45) is 0 Å². The monoisotopic (exact) mass is 226 g/mol. The normalized spacial score (nSPS) is 17.6. The Hall–Kier alpha value is -1.00. The summed E-state index contributed by atoms with van der Waals surface area (Å²) in [5.74, 6) is -1.12. The van der Waals surface area contributed by atoms with Crippen molar-refractivity contribution in [3.8, 4) is 0 Å². The van der Waals surface area contributed by atoms with Crippen molar-refractivity contribution in [2.75, 3.05) is 13.1 Å². The second-order valence-corrected chi connectivity index (χ2v) is 3.96. The Bertz CT molecular complexity index is 331. The van der Waals surface area contributed by atoms with Gasteiger partial charge < -0.3 is 4.74 Å². The molecule has 4 heteroatoms. The van der Waals surface area contributed by atoms with Gasteiger partial charge in [-0.05, 0) is 30.5 Å². The van der Waals surface area contributed by atoms with E-state index in [1.165, 1.54) is 12.1 Å². The zero-order chi connectivity index (χ0) is 11.4. The minimum absolute atomic E-state index is 0.170. The van der Waals surface area contributed by atoms with Crippen LogP contribution in [0.25, 0.3) is 0 Å². The molecular formula is C12H14F2NO. The number of nitrogens with zero attached hydrogens (tertiary/aromatic N) is 1. The minimum Gasteiger partial charge on any atom is -0.373 e. The van der Waals surface area contributed by atoms with Crippen LogP contribution in [0.4, 0.5) is 8.78 Å². The molecule has 0 N–H and O–H groups in total. The molecule has 1 aromatic rings. The molecule has 0 aromatic heterocycles. The largest absolute Gasteiger partial charge is 0.373 e. The maximum Gasteiger partial charge on any atom is 0.126 e. The summed E-state index contributed by atoms with van der Waals surface area (Å²) in [4.78, 5) is 0. The molecule has 1 aromatic carbocycles. The second-order valence-electron chi connectivity index (χ2n) is 3.96. The average Bonchev–Trinajstić information content (AvgIpc) is 2.27. The van der Waals surface area contributed by atoms with Crippen molar-refractivity contribution in [3.05, 3.63) is 35.4 Å². The highest BCUT2D eigenvalue weighted by Crippen LogP contribution is 2.13. The molecule has 0 amide bonds. The molecule has 1 fully saturated rings. The number of benzene rings is 1. The van der Waals surface area contributed by atoms with Gasteiger partial charge in [0.2, 0.25) is 0 Å². The van der Waals surface area contributed by atoms with Crippen molar-refractivity contribution >= 4 is 0 Å². The molecule has 1 aliphatic rings. The van der Waals surface area contributed by atoms with Gasteiger partial charge in [-0.2, -0.15) is 0 Å². The van der Waals surface area contributed by atoms with E-state index in [2.05, 4.69) is 5.32 Å². The molecule has 0 unspecified atom stereocenters. The first-order valence-corrected chi connectivity index (χ1v) is 5.44. The predicted octanol–water partition coefficient (Wildman–Crippen LogP) is 2.25. The summed E-state index contributed by atoms with van der Waals surface area (Å²) in [7, 11) is 0. The van der Waals surface area contributed by atoms with E-state index in [0.717, 1.165) is 32.0 Å². The summed E-state index contributed by atoms with van der Waals surface area (Å²) in [6, 6.07) is 3.47. The summed E-state index contributed by atoms with van der Waals surface area (Å²) in [6.45, 7) is 1.91. The molecule has 1 radical (unpaired) electrons. The van der Waals surface area contributed by atoms with Crippen LogP contribution in [0.15, 0.2) is 18.2 Å². The fourth-order valence-electron chi connectivity index (χ4n) is 1.80. The Morgan fingerprint density at radius 3 is 2.38 bits per heavy atom. The van der Waals surface area contributed by atoms with Crippen molar-refractivity contribution in [1.29, 1.82) is 0 Å². The van der Waals surface area contributed by atoms with Crippen LogP contribution >= 0.6 is 0 Å². The summed E-state index contributed by atoms with van der Waals surface area (Å²) in [5, 5.41) is 4.21. The Kier molecular flexibility index (Phi) is 3.85. The standard InChI is InChI=1S/C12H14F2NO/c13-10-5-9(6-11(14)7-10)8-16-12-1-3-15-4-2-12/h5-7,12H,1-4,8H2. The highest BCUT2D eigenvalue weighted by Gasteiger charge is 2.14. The van der Waals surface area contributed by atoms with E-state index < -0.39 is 11.6 Å². The van der Waals surface area contributed by atoms with Crippen LogP contribution in [-0.2, 0) is 11.3 Å². The van der Waals surface area contributed by atoms with E-state index in [9.17, 15) is 8.78 Å². The van der Waals surface area contributed by atoms with Crippen LogP contribution in [0, 0.1) is 11.6 Å². The summed E-state index contributed by atoms with van der Waals surface area (Å²) >= 11 is 0. The highest BCUT2D eigenvalue weighted by atomic mass is 19.1. The van der Waals surface area contributed by atoms with E-state index in [1.807, 2.05) is 0 Å². The quantitative estimate of drug-likeness (QED) is 0.775. The smallest absolute Gasteiger partial charge is 0.126 e. The maximum atomic E-state index is 12.9. The van der Waals surface area contributed by atoms with Crippen LogP contribution in [0.2, 0.25) is 0 Å². The van der Waals surface area contributed by atoms with Gasteiger partial charge in [0, 0.05) is 19.2 Å². The molecular weight excluding hydrogens is 212 g/mol. The van der Waals surface area contributed by atoms with Gasteiger partial charge in [0.05, 0.1) is 12.7 Å². The maximum absolute atomic E-state index is 12.9. The third-order valence-electron chi connectivity index (χ3n) is 2.63. The molecule has 0 spiro atoms. The Balaban J connectivity index is 1.88. The van der Waals surface area contributed by atoms with Gasteiger partial charge in [0.1, 0.15) is 11.6 Å². The molecule has 2 nitrogen and oxygen atoms in total. The van der Waals surface area contributed by atoms with Gasteiger partial charge in [0.15, 0.2) is 0 Å². The highest BCUT2D eigenvalue weighted by molar-refractivity contribution is 5.16. The molecule has 0 atom stereocenters. The van der Waals surface area contributed by atoms with E-state index in [4.69, 9.17) is 4.74 Å². The topological polar surface area (TPSA) is 23.3 Å². The van der Waals surface area contributed by atoms with Gasteiger partial charge in [-0.3, -0.25) is 0 Å². The Morgan fingerprint density at radius 1 is 1.12 bits per heavy atom. The molecule has 0 bridgehead atoms. The molecule has 1 saturated heterocycles. The van der Waals surface area contributed by atoms with E-state index in [-0.39, 0.29) is 12.7 Å². The molecule has 2 rings (SSSR count). The van der Waals surface area contributed by atoms with Gasteiger partial charge in [0.25, 0.3) is 0 Å². The van der Waals surface area contributed by atoms with Gasteiger partial charge in [-0.25, -0.2) is 14.1 Å². The minimum atomic E-state index is -0.558. The number of piperidine rings is 1. The summed E-state index contributed by atoms with van der Waals surface area (Å²) < 4.78 is 31.4. The lowest BCUT2D eigenvalue weighted by molar-refractivity contribution is 0.0204. The Labute approximate surface area is 93.6 Å². The fraction of sp³-hybridized carbons (Fsp3) is 0.500. The van der Waals surface area contributed by atoms with E-state index in [1.54, 1.807) is 0 Å². The third kappa shape index (κ3) is 3.25. The molecule has 1 aliphatic heterocycles. The molecule has 0 aliphatic carbocycles. The average molecular weight is 226 g/mol. The lowest BCUT2D eigenvalue weighted by atomic mass is 10.1.